The van der Waals surface area contributed by atoms with E-state index in [2.05, 4.69) is 5.32 Å². The maximum atomic E-state index is 12.5. The standard InChI is InChI=1S/C20H24N2O4S/c1-25-16-10-14(11-17(12-16)26-2)13-21-19(23)15-5-7-22(8-6-15)20(24)18-4-3-9-27-18/h3-4,9-12,15H,5-8,13H2,1-2H3,(H,21,23). The number of likely N-dealkylation sites (tertiary alicyclic amines) is 1. The van der Waals surface area contributed by atoms with Crippen molar-refractivity contribution >= 4 is 23.2 Å². The second kappa shape index (κ2) is 8.90. The third-order valence-corrected chi connectivity index (χ3v) is 5.62. The van der Waals surface area contributed by atoms with Crippen molar-refractivity contribution in [3.05, 3.63) is 46.2 Å². The first-order valence-electron chi connectivity index (χ1n) is 8.93. The fourth-order valence-corrected chi connectivity index (χ4v) is 3.89. The molecule has 1 fully saturated rings. The van der Waals surface area contributed by atoms with Crippen LogP contribution in [0, 0.1) is 5.92 Å². The Kier molecular flexibility index (Phi) is 6.34. The van der Waals surface area contributed by atoms with Crippen LogP contribution in [0.1, 0.15) is 28.1 Å². The molecule has 27 heavy (non-hydrogen) atoms. The Balaban J connectivity index is 1.50. The molecule has 7 heteroatoms. The van der Waals surface area contributed by atoms with Crippen LogP contribution in [0.25, 0.3) is 0 Å². The van der Waals surface area contributed by atoms with E-state index >= 15 is 0 Å². The first-order valence-corrected chi connectivity index (χ1v) is 9.81. The van der Waals surface area contributed by atoms with E-state index in [4.69, 9.17) is 9.47 Å². The number of carbonyl (C=O) groups excluding carboxylic acids is 2. The number of amides is 2. The topological polar surface area (TPSA) is 67.9 Å². The summed E-state index contributed by atoms with van der Waals surface area (Å²) in [7, 11) is 3.20. The van der Waals surface area contributed by atoms with Crippen LogP contribution in [-0.2, 0) is 11.3 Å². The van der Waals surface area contributed by atoms with E-state index in [-0.39, 0.29) is 17.7 Å². The number of benzene rings is 1. The summed E-state index contributed by atoms with van der Waals surface area (Å²) in [5.41, 5.74) is 0.921. The molecule has 0 saturated carbocycles. The number of ether oxygens (including phenoxy) is 2. The SMILES string of the molecule is COc1cc(CNC(=O)C2CCN(C(=O)c3cccs3)CC2)cc(OC)c1. The summed E-state index contributed by atoms with van der Waals surface area (Å²) in [6, 6.07) is 9.28. The Morgan fingerprint density at radius 3 is 2.37 bits per heavy atom. The van der Waals surface area contributed by atoms with Crippen molar-refractivity contribution in [2.45, 2.75) is 19.4 Å². The molecule has 144 valence electrons. The molecule has 3 rings (SSSR count). The molecule has 1 aliphatic rings. The molecule has 0 radical (unpaired) electrons. The van der Waals surface area contributed by atoms with E-state index in [0.717, 1.165) is 10.4 Å². The first-order chi connectivity index (χ1) is 13.1. The van der Waals surface area contributed by atoms with E-state index in [1.807, 2.05) is 34.5 Å². The van der Waals surface area contributed by atoms with Crippen molar-refractivity contribution in [3.63, 3.8) is 0 Å². The number of nitrogens with zero attached hydrogens (tertiary/aromatic N) is 1. The highest BCUT2D eigenvalue weighted by Gasteiger charge is 2.28. The number of piperidine rings is 1. The highest BCUT2D eigenvalue weighted by molar-refractivity contribution is 7.12. The molecule has 0 spiro atoms. The molecule has 1 aliphatic heterocycles. The van der Waals surface area contributed by atoms with Gasteiger partial charge in [0.05, 0.1) is 19.1 Å². The quantitative estimate of drug-likeness (QED) is 0.826. The third kappa shape index (κ3) is 4.80. The van der Waals surface area contributed by atoms with Crippen LogP contribution >= 0.6 is 11.3 Å². The van der Waals surface area contributed by atoms with Crippen molar-refractivity contribution < 1.29 is 19.1 Å². The second-order valence-corrected chi connectivity index (χ2v) is 7.43. The zero-order valence-corrected chi connectivity index (χ0v) is 16.4. The number of hydrogen-bond acceptors (Lipinski definition) is 5. The summed E-state index contributed by atoms with van der Waals surface area (Å²) < 4.78 is 10.5. The molecule has 2 aromatic rings. The number of carbonyl (C=O) groups is 2. The molecule has 0 atom stereocenters. The predicted molar refractivity (Wildman–Crippen MR) is 104 cm³/mol. The van der Waals surface area contributed by atoms with Gasteiger partial charge in [-0.3, -0.25) is 9.59 Å². The van der Waals surface area contributed by atoms with Gasteiger partial charge in [0.1, 0.15) is 11.5 Å². The smallest absolute Gasteiger partial charge is 0.263 e. The van der Waals surface area contributed by atoms with Gasteiger partial charge >= 0.3 is 0 Å². The molecular weight excluding hydrogens is 364 g/mol. The molecule has 1 N–H and O–H groups in total. The Labute approximate surface area is 163 Å². The molecule has 1 aromatic carbocycles. The third-order valence-electron chi connectivity index (χ3n) is 4.76. The van der Waals surface area contributed by atoms with Crippen LogP contribution in [0.2, 0.25) is 0 Å². The predicted octanol–water partition coefficient (Wildman–Crippen LogP) is 2.93. The number of methoxy groups -OCH3 is 2. The van der Waals surface area contributed by atoms with Gasteiger partial charge in [-0.05, 0) is 42.0 Å². The maximum Gasteiger partial charge on any atom is 0.263 e. The van der Waals surface area contributed by atoms with E-state index in [1.165, 1.54) is 11.3 Å². The summed E-state index contributed by atoms with van der Waals surface area (Å²) in [4.78, 5) is 27.5. The Morgan fingerprint density at radius 2 is 1.81 bits per heavy atom. The van der Waals surface area contributed by atoms with E-state index in [1.54, 1.807) is 20.3 Å². The summed E-state index contributed by atoms with van der Waals surface area (Å²) in [6.45, 7) is 1.64. The average molecular weight is 388 g/mol. The van der Waals surface area contributed by atoms with Crippen molar-refractivity contribution in [2.75, 3.05) is 27.3 Å². The van der Waals surface area contributed by atoms with E-state index in [9.17, 15) is 9.59 Å². The van der Waals surface area contributed by atoms with Crippen molar-refractivity contribution in [2.24, 2.45) is 5.92 Å². The van der Waals surface area contributed by atoms with Crippen molar-refractivity contribution in [1.82, 2.24) is 10.2 Å². The Morgan fingerprint density at radius 1 is 1.15 bits per heavy atom. The van der Waals surface area contributed by atoms with Gasteiger partial charge in [0, 0.05) is 31.6 Å². The summed E-state index contributed by atoms with van der Waals surface area (Å²) in [5, 5.41) is 4.90. The van der Waals surface area contributed by atoms with Gasteiger partial charge in [0.2, 0.25) is 5.91 Å². The number of thiophene rings is 1. The lowest BCUT2D eigenvalue weighted by molar-refractivity contribution is -0.126. The molecule has 1 aromatic heterocycles. The largest absolute Gasteiger partial charge is 0.497 e. The number of rotatable bonds is 6. The van der Waals surface area contributed by atoms with Crippen LogP contribution in [0.4, 0.5) is 0 Å². The van der Waals surface area contributed by atoms with Gasteiger partial charge in [0.15, 0.2) is 0 Å². The average Bonchev–Trinajstić information content (AvgIpc) is 3.26. The maximum absolute atomic E-state index is 12.5. The molecule has 2 amide bonds. The summed E-state index contributed by atoms with van der Waals surface area (Å²) in [6.07, 6.45) is 1.37. The van der Waals surface area contributed by atoms with Gasteiger partial charge in [-0.1, -0.05) is 6.07 Å². The molecule has 2 heterocycles. The molecule has 0 aliphatic carbocycles. The minimum atomic E-state index is -0.0649. The zero-order chi connectivity index (χ0) is 19.2. The van der Waals surface area contributed by atoms with Gasteiger partial charge in [-0.2, -0.15) is 0 Å². The van der Waals surface area contributed by atoms with Gasteiger partial charge in [-0.25, -0.2) is 0 Å². The number of nitrogens with one attached hydrogen (secondary N) is 1. The molecular formula is C20H24N2O4S. The van der Waals surface area contributed by atoms with Crippen LogP contribution in [-0.4, -0.2) is 44.0 Å². The molecule has 1 saturated heterocycles. The van der Waals surface area contributed by atoms with Gasteiger partial charge in [0.25, 0.3) is 5.91 Å². The van der Waals surface area contributed by atoms with Crippen LogP contribution < -0.4 is 14.8 Å². The van der Waals surface area contributed by atoms with Crippen LogP contribution in [0.3, 0.4) is 0 Å². The molecule has 0 bridgehead atoms. The summed E-state index contributed by atoms with van der Waals surface area (Å²) in [5.74, 6) is 1.41. The Hall–Kier alpha value is -2.54. The Bertz CT molecular complexity index is 761. The molecule has 0 unspecified atom stereocenters. The summed E-state index contributed by atoms with van der Waals surface area (Å²) >= 11 is 1.45. The van der Waals surface area contributed by atoms with Crippen molar-refractivity contribution in [1.29, 1.82) is 0 Å². The lowest BCUT2D eigenvalue weighted by atomic mass is 9.95. The fourth-order valence-electron chi connectivity index (χ4n) is 3.20. The lowest BCUT2D eigenvalue weighted by Gasteiger charge is -2.31. The van der Waals surface area contributed by atoms with Gasteiger partial charge in [-0.15, -0.1) is 11.3 Å². The van der Waals surface area contributed by atoms with Crippen LogP contribution in [0.15, 0.2) is 35.7 Å². The minimum Gasteiger partial charge on any atom is -0.497 e. The monoisotopic (exact) mass is 388 g/mol. The number of hydrogen-bond donors (Lipinski definition) is 1. The van der Waals surface area contributed by atoms with E-state index in [0.29, 0.717) is 44.0 Å². The lowest BCUT2D eigenvalue weighted by Crippen LogP contribution is -2.42. The highest BCUT2D eigenvalue weighted by atomic mass is 32.1. The van der Waals surface area contributed by atoms with Gasteiger partial charge < -0.3 is 19.7 Å². The zero-order valence-electron chi connectivity index (χ0n) is 15.6. The minimum absolute atomic E-state index is 0.0278. The second-order valence-electron chi connectivity index (χ2n) is 6.48. The highest BCUT2D eigenvalue weighted by Crippen LogP contribution is 2.23. The normalized spacial score (nSPS) is 14.7. The molecule has 6 nitrogen and oxygen atoms in total. The van der Waals surface area contributed by atoms with Crippen molar-refractivity contribution in [3.8, 4) is 11.5 Å². The first kappa shape index (κ1) is 19.2. The van der Waals surface area contributed by atoms with Crippen LogP contribution in [0.5, 0.6) is 11.5 Å². The fraction of sp³-hybridized carbons (Fsp3) is 0.400. The van der Waals surface area contributed by atoms with E-state index < -0.39 is 0 Å².